The average Bonchev–Trinajstić information content (AvgIpc) is 3.01. The first-order valence-electron chi connectivity index (χ1n) is 7.74. The van der Waals surface area contributed by atoms with Gasteiger partial charge in [0.2, 0.25) is 0 Å². The molecule has 21 heavy (non-hydrogen) atoms. The van der Waals surface area contributed by atoms with E-state index >= 15 is 0 Å². The van der Waals surface area contributed by atoms with Gasteiger partial charge in [0.05, 0.1) is 5.54 Å². The number of hydrogen-bond donors (Lipinski definition) is 1. The lowest BCUT2D eigenvalue weighted by Gasteiger charge is -2.44. The highest BCUT2D eigenvalue weighted by Gasteiger charge is 2.33. The molecule has 0 saturated carbocycles. The highest BCUT2D eigenvalue weighted by molar-refractivity contribution is 7.09. The molecule has 0 spiro atoms. The van der Waals surface area contributed by atoms with Crippen LogP contribution in [0.3, 0.4) is 0 Å². The first-order chi connectivity index (χ1) is 10.2. The predicted octanol–water partition coefficient (Wildman–Crippen LogP) is 3.50. The third-order valence-electron chi connectivity index (χ3n) is 4.54. The Hall–Kier alpha value is -1.16. The third kappa shape index (κ3) is 3.37. The smallest absolute Gasteiger partial charge is 0.0535 e. The molecule has 0 aliphatic carbocycles. The van der Waals surface area contributed by atoms with Crippen molar-refractivity contribution in [3.05, 3.63) is 58.3 Å². The first-order valence-corrected chi connectivity index (χ1v) is 8.62. The summed E-state index contributed by atoms with van der Waals surface area (Å²) in [6, 6.07) is 15.8. The van der Waals surface area contributed by atoms with Gasteiger partial charge in [0, 0.05) is 30.6 Å². The monoisotopic (exact) mass is 300 g/mol. The lowest BCUT2D eigenvalue weighted by molar-refractivity contribution is 0.106. The Morgan fingerprint density at radius 2 is 2.05 bits per heavy atom. The Morgan fingerprint density at radius 1 is 1.24 bits per heavy atom. The molecule has 0 radical (unpaired) electrons. The minimum Gasteiger partial charge on any atom is -0.305 e. The van der Waals surface area contributed by atoms with Crippen molar-refractivity contribution in [1.82, 2.24) is 10.2 Å². The maximum atomic E-state index is 3.72. The minimum atomic E-state index is 0.0587. The topological polar surface area (TPSA) is 15.3 Å². The molecule has 3 rings (SSSR count). The summed E-state index contributed by atoms with van der Waals surface area (Å²) < 4.78 is 0. The summed E-state index contributed by atoms with van der Waals surface area (Å²) in [7, 11) is 0. The molecule has 0 amide bonds. The molecule has 1 aliphatic rings. The molecule has 1 fully saturated rings. The summed E-state index contributed by atoms with van der Waals surface area (Å²) in [5.41, 5.74) is 1.45. The molecular formula is C18H24N2S. The van der Waals surface area contributed by atoms with Crippen molar-refractivity contribution in [3.8, 4) is 0 Å². The molecule has 2 nitrogen and oxygen atoms in total. The van der Waals surface area contributed by atoms with Crippen LogP contribution in [-0.4, -0.2) is 30.6 Å². The van der Waals surface area contributed by atoms with Crippen LogP contribution in [0, 0.1) is 0 Å². The molecule has 0 bridgehead atoms. The molecule has 2 aromatic rings. The quantitative estimate of drug-likeness (QED) is 0.929. The van der Waals surface area contributed by atoms with Gasteiger partial charge in [-0.05, 0) is 37.3 Å². The number of nitrogens with zero attached hydrogens (tertiary/aromatic N) is 1. The molecule has 1 aliphatic heterocycles. The van der Waals surface area contributed by atoms with Crippen LogP contribution in [0.15, 0.2) is 47.8 Å². The standard InChI is InChI=1S/C18H24N2S/c1-15(13-17-9-6-12-21-17)20-11-10-19-18(2,14-20)16-7-4-3-5-8-16/h3-9,12,15,19H,10-11,13-14H2,1-2H3. The predicted molar refractivity (Wildman–Crippen MR) is 90.9 cm³/mol. The highest BCUT2D eigenvalue weighted by Crippen LogP contribution is 2.26. The third-order valence-corrected chi connectivity index (χ3v) is 5.44. The molecule has 1 N–H and O–H groups in total. The van der Waals surface area contributed by atoms with E-state index < -0.39 is 0 Å². The van der Waals surface area contributed by atoms with Crippen molar-refractivity contribution in [1.29, 1.82) is 0 Å². The van der Waals surface area contributed by atoms with Gasteiger partial charge >= 0.3 is 0 Å². The molecular weight excluding hydrogens is 276 g/mol. The van der Waals surface area contributed by atoms with Crippen LogP contribution < -0.4 is 5.32 Å². The normalized spacial score (nSPS) is 24.9. The average molecular weight is 300 g/mol. The fraction of sp³-hybridized carbons (Fsp3) is 0.444. The van der Waals surface area contributed by atoms with E-state index in [9.17, 15) is 0 Å². The zero-order valence-corrected chi connectivity index (χ0v) is 13.7. The SMILES string of the molecule is CC(Cc1cccs1)N1CCNC(C)(c2ccccc2)C1. The summed E-state index contributed by atoms with van der Waals surface area (Å²) in [6.07, 6.45) is 1.16. The maximum Gasteiger partial charge on any atom is 0.0535 e. The van der Waals surface area contributed by atoms with Crippen LogP contribution in [0.4, 0.5) is 0 Å². The van der Waals surface area contributed by atoms with Gasteiger partial charge in [-0.25, -0.2) is 0 Å². The number of hydrogen-bond acceptors (Lipinski definition) is 3. The first kappa shape index (κ1) is 14.8. The second-order valence-electron chi connectivity index (χ2n) is 6.23. The van der Waals surface area contributed by atoms with Gasteiger partial charge in [0.15, 0.2) is 0 Å². The number of benzene rings is 1. The van der Waals surface area contributed by atoms with Gasteiger partial charge in [-0.3, -0.25) is 4.90 Å². The molecule has 1 aromatic heterocycles. The van der Waals surface area contributed by atoms with Gasteiger partial charge in [-0.15, -0.1) is 11.3 Å². The van der Waals surface area contributed by atoms with Crippen molar-refractivity contribution in [2.45, 2.75) is 31.8 Å². The van der Waals surface area contributed by atoms with Crippen LogP contribution in [0.25, 0.3) is 0 Å². The van der Waals surface area contributed by atoms with E-state index in [1.807, 2.05) is 11.3 Å². The Morgan fingerprint density at radius 3 is 2.76 bits per heavy atom. The van der Waals surface area contributed by atoms with Gasteiger partial charge in [-0.2, -0.15) is 0 Å². The van der Waals surface area contributed by atoms with E-state index in [-0.39, 0.29) is 5.54 Å². The summed E-state index contributed by atoms with van der Waals surface area (Å²) in [6.45, 7) is 7.95. The van der Waals surface area contributed by atoms with Crippen molar-refractivity contribution in [3.63, 3.8) is 0 Å². The number of thiophene rings is 1. The van der Waals surface area contributed by atoms with Gasteiger partial charge in [0.25, 0.3) is 0 Å². The summed E-state index contributed by atoms with van der Waals surface area (Å²) in [4.78, 5) is 4.12. The molecule has 3 heteroatoms. The van der Waals surface area contributed by atoms with Crippen molar-refractivity contribution < 1.29 is 0 Å². The zero-order valence-electron chi connectivity index (χ0n) is 12.9. The van der Waals surface area contributed by atoms with Crippen LogP contribution in [0.2, 0.25) is 0 Å². The highest BCUT2D eigenvalue weighted by atomic mass is 32.1. The van der Waals surface area contributed by atoms with Crippen LogP contribution >= 0.6 is 11.3 Å². The number of nitrogens with one attached hydrogen (secondary N) is 1. The van der Waals surface area contributed by atoms with Crippen molar-refractivity contribution >= 4 is 11.3 Å². The number of rotatable bonds is 4. The molecule has 1 saturated heterocycles. The molecule has 112 valence electrons. The van der Waals surface area contributed by atoms with Crippen molar-refractivity contribution in [2.75, 3.05) is 19.6 Å². The van der Waals surface area contributed by atoms with Gasteiger partial charge in [0.1, 0.15) is 0 Å². The second kappa shape index (κ2) is 6.30. The molecule has 2 atom stereocenters. The van der Waals surface area contributed by atoms with E-state index in [1.165, 1.54) is 10.4 Å². The minimum absolute atomic E-state index is 0.0587. The summed E-state index contributed by atoms with van der Waals surface area (Å²) in [5, 5.41) is 5.89. The fourth-order valence-electron chi connectivity index (χ4n) is 3.24. The Kier molecular flexibility index (Phi) is 4.43. The summed E-state index contributed by atoms with van der Waals surface area (Å²) >= 11 is 1.87. The Balaban J connectivity index is 1.70. The maximum absolute atomic E-state index is 3.72. The Bertz CT molecular complexity index is 552. The largest absolute Gasteiger partial charge is 0.305 e. The molecule has 1 aromatic carbocycles. The van der Waals surface area contributed by atoms with E-state index in [2.05, 4.69) is 71.9 Å². The van der Waals surface area contributed by atoms with Crippen LogP contribution in [0.1, 0.15) is 24.3 Å². The van der Waals surface area contributed by atoms with E-state index in [4.69, 9.17) is 0 Å². The lowest BCUT2D eigenvalue weighted by atomic mass is 9.89. The van der Waals surface area contributed by atoms with Gasteiger partial charge in [-0.1, -0.05) is 36.4 Å². The van der Waals surface area contributed by atoms with E-state index in [0.717, 1.165) is 26.1 Å². The van der Waals surface area contributed by atoms with Crippen LogP contribution in [-0.2, 0) is 12.0 Å². The lowest BCUT2D eigenvalue weighted by Crippen LogP contribution is -2.58. The zero-order chi connectivity index (χ0) is 14.7. The Labute approximate surface area is 131 Å². The molecule has 2 heterocycles. The van der Waals surface area contributed by atoms with Crippen molar-refractivity contribution in [2.24, 2.45) is 0 Å². The van der Waals surface area contributed by atoms with E-state index in [0.29, 0.717) is 6.04 Å². The number of piperazine rings is 1. The van der Waals surface area contributed by atoms with E-state index in [1.54, 1.807) is 0 Å². The summed E-state index contributed by atoms with van der Waals surface area (Å²) in [5.74, 6) is 0. The molecule has 2 unspecified atom stereocenters. The van der Waals surface area contributed by atoms with Crippen LogP contribution in [0.5, 0.6) is 0 Å². The van der Waals surface area contributed by atoms with Gasteiger partial charge < -0.3 is 5.32 Å². The second-order valence-corrected chi connectivity index (χ2v) is 7.26. The fourth-order valence-corrected chi connectivity index (χ4v) is 4.07.